The molecule has 0 aliphatic rings. The van der Waals surface area contributed by atoms with Gasteiger partial charge in [-0.05, 0) is 42.7 Å². The maximum Gasteiger partial charge on any atom is 0.242 e. The molecular weight excluding hydrogens is 470 g/mol. The zero-order chi connectivity index (χ0) is 23.5. The summed E-state index contributed by atoms with van der Waals surface area (Å²) in [6, 6.07) is 10.8. The minimum Gasteiger partial charge on any atom is -0.354 e. The van der Waals surface area contributed by atoms with Gasteiger partial charge in [-0.15, -0.1) is 11.8 Å². The third-order valence-electron chi connectivity index (χ3n) is 5.01. The summed E-state index contributed by atoms with van der Waals surface area (Å²) in [4.78, 5) is 27.7. The Morgan fingerprint density at radius 1 is 1.09 bits per heavy atom. The van der Waals surface area contributed by atoms with Crippen molar-refractivity contribution in [1.82, 2.24) is 10.2 Å². The molecule has 1 N–H and O–H groups in total. The molecule has 174 valence electrons. The van der Waals surface area contributed by atoms with Gasteiger partial charge in [0.25, 0.3) is 0 Å². The van der Waals surface area contributed by atoms with Gasteiger partial charge >= 0.3 is 0 Å². The van der Waals surface area contributed by atoms with Crippen molar-refractivity contribution in [3.8, 4) is 0 Å². The zero-order valence-corrected chi connectivity index (χ0v) is 20.7. The first kappa shape index (κ1) is 26.5. The highest BCUT2D eigenvalue weighted by molar-refractivity contribution is 7.99. The molecule has 1 atom stereocenters. The number of nitrogens with zero attached hydrogens (tertiary/aromatic N) is 1. The molecule has 0 unspecified atom stereocenters. The number of nitrogens with one attached hydrogen (secondary N) is 1. The topological polar surface area (TPSA) is 49.4 Å². The van der Waals surface area contributed by atoms with Gasteiger partial charge in [-0.25, -0.2) is 4.39 Å². The first-order valence-corrected chi connectivity index (χ1v) is 12.6. The molecule has 4 nitrogen and oxygen atoms in total. The van der Waals surface area contributed by atoms with Crippen LogP contribution in [0.1, 0.15) is 44.2 Å². The van der Waals surface area contributed by atoms with Crippen molar-refractivity contribution < 1.29 is 14.0 Å². The molecular formula is C24H29Cl2FN2O2S. The van der Waals surface area contributed by atoms with E-state index in [4.69, 9.17) is 23.2 Å². The molecule has 0 aromatic heterocycles. The van der Waals surface area contributed by atoms with E-state index in [1.807, 2.05) is 6.92 Å². The largest absolute Gasteiger partial charge is 0.354 e. The lowest BCUT2D eigenvalue weighted by atomic mass is 10.1. The smallest absolute Gasteiger partial charge is 0.242 e. The highest BCUT2D eigenvalue weighted by atomic mass is 35.5. The van der Waals surface area contributed by atoms with Crippen molar-refractivity contribution in [1.29, 1.82) is 0 Å². The lowest BCUT2D eigenvalue weighted by Crippen LogP contribution is -2.49. The van der Waals surface area contributed by atoms with Crippen LogP contribution in [-0.4, -0.2) is 35.1 Å². The lowest BCUT2D eigenvalue weighted by molar-refractivity contribution is -0.139. The van der Waals surface area contributed by atoms with E-state index in [1.165, 1.54) is 23.9 Å². The van der Waals surface area contributed by atoms with Crippen LogP contribution < -0.4 is 5.32 Å². The zero-order valence-electron chi connectivity index (χ0n) is 18.4. The average molecular weight is 499 g/mol. The van der Waals surface area contributed by atoms with Crippen LogP contribution in [0.3, 0.4) is 0 Å². The van der Waals surface area contributed by atoms with Crippen LogP contribution in [0, 0.1) is 5.82 Å². The first-order chi connectivity index (χ1) is 15.4. The number of carbonyl (C=O) groups is 2. The first-order valence-electron chi connectivity index (χ1n) is 10.7. The number of benzene rings is 2. The van der Waals surface area contributed by atoms with E-state index in [9.17, 15) is 14.0 Å². The Labute approximate surface area is 203 Å². The van der Waals surface area contributed by atoms with Gasteiger partial charge in [0.05, 0.1) is 5.75 Å². The fourth-order valence-corrected chi connectivity index (χ4v) is 4.59. The number of hydrogen-bond donors (Lipinski definition) is 1. The molecule has 0 fully saturated rings. The monoisotopic (exact) mass is 498 g/mol. The number of unbranched alkanes of at least 4 members (excludes halogenated alkanes) is 1. The van der Waals surface area contributed by atoms with Crippen LogP contribution in [-0.2, 0) is 21.9 Å². The van der Waals surface area contributed by atoms with E-state index in [0.717, 1.165) is 18.4 Å². The van der Waals surface area contributed by atoms with Crippen LogP contribution in [0.2, 0.25) is 10.0 Å². The summed E-state index contributed by atoms with van der Waals surface area (Å²) in [5.41, 5.74) is 1.54. The van der Waals surface area contributed by atoms with Gasteiger partial charge in [-0.3, -0.25) is 9.59 Å². The third kappa shape index (κ3) is 7.98. The normalized spacial score (nSPS) is 11.8. The molecule has 0 saturated carbocycles. The molecule has 0 radical (unpaired) electrons. The summed E-state index contributed by atoms with van der Waals surface area (Å²) in [6.07, 6.45) is 2.31. The van der Waals surface area contributed by atoms with E-state index in [1.54, 1.807) is 35.2 Å². The standard InChI is InChI=1S/C24H29Cl2FN2O2S/c1-3-5-13-28-24(31)22(4-2)29(14-19-20(25)7-6-8-21(19)26)23(30)16-32-15-17-9-11-18(27)12-10-17/h6-12,22H,3-5,13-16H2,1-2H3,(H,28,31)/t22-/m0/s1. The molecule has 0 aliphatic carbocycles. The van der Waals surface area contributed by atoms with Gasteiger partial charge in [0.15, 0.2) is 0 Å². The molecule has 2 aromatic rings. The predicted molar refractivity (Wildman–Crippen MR) is 132 cm³/mol. The number of amides is 2. The van der Waals surface area contributed by atoms with Crippen molar-refractivity contribution in [2.24, 2.45) is 0 Å². The van der Waals surface area contributed by atoms with E-state index in [-0.39, 0.29) is 29.9 Å². The van der Waals surface area contributed by atoms with Gasteiger partial charge in [0.2, 0.25) is 11.8 Å². The quantitative estimate of drug-likeness (QED) is 0.360. The number of rotatable bonds is 12. The van der Waals surface area contributed by atoms with Crippen molar-refractivity contribution in [3.63, 3.8) is 0 Å². The molecule has 0 spiro atoms. The van der Waals surface area contributed by atoms with Crippen LogP contribution in [0.5, 0.6) is 0 Å². The summed E-state index contributed by atoms with van der Waals surface area (Å²) in [5.74, 6) is 0.0915. The third-order valence-corrected chi connectivity index (χ3v) is 6.71. The van der Waals surface area contributed by atoms with Gasteiger partial charge in [-0.2, -0.15) is 0 Å². The Bertz CT molecular complexity index is 876. The number of halogens is 3. The maximum absolute atomic E-state index is 13.2. The molecule has 2 rings (SSSR count). The van der Waals surface area contributed by atoms with Crippen LogP contribution in [0.4, 0.5) is 4.39 Å². The molecule has 8 heteroatoms. The Balaban J connectivity index is 2.16. The fraction of sp³-hybridized carbons (Fsp3) is 0.417. The number of hydrogen-bond acceptors (Lipinski definition) is 3. The second-order valence-corrected chi connectivity index (χ2v) is 9.21. The van der Waals surface area contributed by atoms with Crippen LogP contribution in [0.25, 0.3) is 0 Å². The summed E-state index contributed by atoms with van der Waals surface area (Å²) in [7, 11) is 0. The molecule has 0 heterocycles. The Morgan fingerprint density at radius 2 is 1.75 bits per heavy atom. The summed E-state index contributed by atoms with van der Waals surface area (Å²) >= 11 is 14.1. The number of carbonyl (C=O) groups excluding carboxylic acids is 2. The molecule has 2 aromatic carbocycles. The SMILES string of the molecule is CCCCNC(=O)[C@H](CC)N(Cc1c(Cl)cccc1Cl)C(=O)CSCc1ccc(F)cc1. The Kier molecular flexibility index (Phi) is 11.4. The predicted octanol–water partition coefficient (Wildman–Crippen LogP) is 6.09. The minimum absolute atomic E-state index is 0.147. The van der Waals surface area contributed by atoms with Gasteiger partial charge in [0, 0.05) is 34.5 Å². The Hall–Kier alpha value is -1.76. The lowest BCUT2D eigenvalue weighted by Gasteiger charge is -2.31. The van der Waals surface area contributed by atoms with E-state index < -0.39 is 6.04 Å². The van der Waals surface area contributed by atoms with Crippen molar-refractivity contribution in [3.05, 3.63) is 69.5 Å². The number of thioether (sulfide) groups is 1. The van der Waals surface area contributed by atoms with Crippen LogP contribution in [0.15, 0.2) is 42.5 Å². The maximum atomic E-state index is 13.2. The molecule has 32 heavy (non-hydrogen) atoms. The van der Waals surface area contributed by atoms with Gasteiger partial charge in [-0.1, -0.05) is 61.7 Å². The van der Waals surface area contributed by atoms with Gasteiger partial charge < -0.3 is 10.2 Å². The highest BCUT2D eigenvalue weighted by Crippen LogP contribution is 2.27. The summed E-state index contributed by atoms with van der Waals surface area (Å²) in [6.45, 7) is 4.65. The second kappa shape index (κ2) is 13.7. The fourth-order valence-electron chi connectivity index (χ4n) is 3.20. The van der Waals surface area contributed by atoms with E-state index in [2.05, 4.69) is 12.2 Å². The molecule has 0 aliphatic heterocycles. The van der Waals surface area contributed by atoms with Crippen molar-refractivity contribution in [2.75, 3.05) is 12.3 Å². The van der Waals surface area contributed by atoms with Crippen LogP contribution >= 0.6 is 35.0 Å². The average Bonchev–Trinajstić information content (AvgIpc) is 2.77. The minimum atomic E-state index is -0.627. The summed E-state index contributed by atoms with van der Waals surface area (Å²) in [5, 5.41) is 3.84. The van der Waals surface area contributed by atoms with Crippen molar-refractivity contribution in [2.45, 2.75) is 51.4 Å². The summed E-state index contributed by atoms with van der Waals surface area (Å²) < 4.78 is 13.1. The van der Waals surface area contributed by atoms with Gasteiger partial charge in [0.1, 0.15) is 11.9 Å². The highest BCUT2D eigenvalue weighted by Gasteiger charge is 2.29. The molecule has 0 bridgehead atoms. The Morgan fingerprint density at radius 3 is 2.34 bits per heavy atom. The van der Waals surface area contributed by atoms with E-state index in [0.29, 0.717) is 34.3 Å². The van der Waals surface area contributed by atoms with Crippen molar-refractivity contribution >= 4 is 46.8 Å². The molecule has 0 saturated heterocycles. The second-order valence-electron chi connectivity index (χ2n) is 7.41. The van der Waals surface area contributed by atoms with E-state index >= 15 is 0 Å². The molecule has 2 amide bonds.